The molecule has 12 heteroatoms. The van der Waals surface area contributed by atoms with E-state index in [0.717, 1.165) is 54.2 Å². The van der Waals surface area contributed by atoms with Crippen LogP contribution >= 0.6 is 0 Å². The summed E-state index contributed by atoms with van der Waals surface area (Å²) in [6, 6.07) is 9.49. The van der Waals surface area contributed by atoms with Gasteiger partial charge in [-0.05, 0) is 69.2 Å². The van der Waals surface area contributed by atoms with Gasteiger partial charge >= 0.3 is 0 Å². The van der Waals surface area contributed by atoms with Gasteiger partial charge in [-0.3, -0.25) is 4.79 Å². The first-order valence-electron chi connectivity index (χ1n) is 15.0. The van der Waals surface area contributed by atoms with Crippen molar-refractivity contribution in [2.45, 2.75) is 38.3 Å². The standard InChI is InChI=1S/C32H36N6O6/c1-3-18-11-27-28(44-17-43-27)13-26(18)42-16-21(39)14-34-23-4-7-33-31(40)29(23)30-35-24-10-19-15-38(20-5-8-37(2)9-6-20)32(41)22(19)12-25(24)36-30/h4,7,10-13,15,20-21,39,41H,3,5-6,8-9,14,16-17H2,1-2H3,(H,35,36)(H2,33,34,40)/t21-/m1/s1. The summed E-state index contributed by atoms with van der Waals surface area (Å²) in [7, 11) is 2.12. The molecule has 230 valence electrons. The van der Waals surface area contributed by atoms with Gasteiger partial charge in [0.25, 0.3) is 5.56 Å². The lowest BCUT2D eigenvalue weighted by atomic mass is 10.1. The predicted octanol–water partition coefficient (Wildman–Crippen LogP) is 3.99. The van der Waals surface area contributed by atoms with E-state index in [2.05, 4.69) is 27.2 Å². The Kier molecular flexibility index (Phi) is 7.31. The fourth-order valence-corrected chi connectivity index (χ4v) is 6.10. The molecule has 12 nitrogen and oxygen atoms in total. The summed E-state index contributed by atoms with van der Waals surface area (Å²) in [5.74, 6) is 2.57. The van der Waals surface area contributed by atoms with Crippen molar-refractivity contribution in [2.75, 3.05) is 45.4 Å². The molecule has 0 aliphatic carbocycles. The van der Waals surface area contributed by atoms with Crippen molar-refractivity contribution in [3.8, 4) is 34.5 Å². The van der Waals surface area contributed by atoms with E-state index >= 15 is 0 Å². The maximum absolute atomic E-state index is 13.0. The number of H-pyrrole nitrogens is 2. The summed E-state index contributed by atoms with van der Waals surface area (Å²) in [6.45, 7) is 4.37. The number of anilines is 1. The van der Waals surface area contributed by atoms with Crippen LogP contribution in [0.5, 0.6) is 23.1 Å². The third-order valence-electron chi connectivity index (χ3n) is 8.59. The van der Waals surface area contributed by atoms with Crippen LogP contribution in [0.25, 0.3) is 33.2 Å². The number of ether oxygens (including phenoxy) is 3. The van der Waals surface area contributed by atoms with Crippen LogP contribution in [0, 0.1) is 0 Å². The Morgan fingerprint density at radius 3 is 2.77 bits per heavy atom. The Balaban J connectivity index is 1.09. The lowest BCUT2D eigenvalue weighted by Gasteiger charge is -2.30. The minimum absolute atomic E-state index is 0.0411. The molecule has 2 aliphatic heterocycles. The molecule has 0 bridgehead atoms. The highest BCUT2D eigenvalue weighted by molar-refractivity contribution is 5.99. The number of hydrogen-bond donors (Lipinski definition) is 5. The number of nitrogens with one attached hydrogen (secondary N) is 3. The van der Waals surface area contributed by atoms with Crippen LogP contribution in [-0.2, 0) is 6.42 Å². The average molecular weight is 601 g/mol. The van der Waals surface area contributed by atoms with Crippen molar-refractivity contribution in [2.24, 2.45) is 0 Å². The van der Waals surface area contributed by atoms with Crippen molar-refractivity contribution in [3.63, 3.8) is 0 Å². The number of nitrogens with zero attached hydrogens (tertiary/aromatic N) is 3. The van der Waals surface area contributed by atoms with Crippen molar-refractivity contribution in [1.82, 2.24) is 24.4 Å². The smallest absolute Gasteiger partial charge is 0.261 e. The van der Waals surface area contributed by atoms with Crippen LogP contribution in [0.4, 0.5) is 5.69 Å². The summed E-state index contributed by atoms with van der Waals surface area (Å²) in [6.07, 6.45) is 5.39. The zero-order chi connectivity index (χ0) is 30.4. The molecular formula is C32H36N6O6. The number of aliphatic hydroxyl groups excluding tert-OH is 1. The first kappa shape index (κ1) is 28.1. The van der Waals surface area contributed by atoms with Gasteiger partial charge in [-0.2, -0.15) is 0 Å². The maximum Gasteiger partial charge on any atom is 0.261 e. The molecule has 1 atom stereocenters. The summed E-state index contributed by atoms with van der Waals surface area (Å²) < 4.78 is 18.8. The molecule has 1 saturated heterocycles. The quantitative estimate of drug-likeness (QED) is 0.169. The SMILES string of the molecule is CCc1cc2c(cc1OC[C@H](O)CNc1cc[nH]c(=O)c1-c1nc3cc4c(O)n(C5CCN(C)CC5)cc4cc3[nH]1)OCO2. The molecule has 2 aliphatic rings. The van der Waals surface area contributed by atoms with Crippen LogP contribution in [0.15, 0.2) is 47.5 Å². The Morgan fingerprint density at radius 1 is 1.18 bits per heavy atom. The van der Waals surface area contributed by atoms with Gasteiger partial charge in [0.15, 0.2) is 17.4 Å². The molecule has 5 heterocycles. The molecule has 5 N–H and O–H groups in total. The average Bonchev–Trinajstić information content (AvgIpc) is 3.74. The van der Waals surface area contributed by atoms with Gasteiger partial charge in [0.2, 0.25) is 6.79 Å². The number of fused-ring (bicyclic) bond motifs is 3. The monoisotopic (exact) mass is 600 g/mol. The van der Waals surface area contributed by atoms with E-state index < -0.39 is 6.10 Å². The molecule has 0 radical (unpaired) electrons. The van der Waals surface area contributed by atoms with E-state index in [9.17, 15) is 15.0 Å². The van der Waals surface area contributed by atoms with Crippen molar-refractivity contribution >= 4 is 27.5 Å². The van der Waals surface area contributed by atoms with Gasteiger partial charge in [-0.15, -0.1) is 0 Å². The fourth-order valence-electron chi connectivity index (χ4n) is 6.10. The van der Waals surface area contributed by atoms with Gasteiger partial charge in [-0.25, -0.2) is 4.98 Å². The van der Waals surface area contributed by atoms with Crippen LogP contribution in [0.1, 0.15) is 31.4 Å². The number of aryl methyl sites for hydroxylation is 1. The van der Waals surface area contributed by atoms with E-state index in [4.69, 9.17) is 19.2 Å². The van der Waals surface area contributed by atoms with E-state index in [0.29, 0.717) is 39.8 Å². The van der Waals surface area contributed by atoms with Crippen molar-refractivity contribution < 1.29 is 24.4 Å². The van der Waals surface area contributed by atoms with E-state index in [1.807, 2.05) is 35.9 Å². The Bertz CT molecular complexity index is 1890. The van der Waals surface area contributed by atoms with Crippen LogP contribution in [-0.4, -0.2) is 80.8 Å². The first-order chi connectivity index (χ1) is 21.4. The summed E-state index contributed by atoms with van der Waals surface area (Å²) in [5, 5.41) is 26.6. The minimum atomic E-state index is -0.863. The molecule has 5 aromatic rings. The number of rotatable bonds is 9. The highest BCUT2D eigenvalue weighted by Crippen LogP contribution is 2.39. The number of aromatic amines is 2. The number of hydrogen-bond acceptors (Lipinski definition) is 9. The lowest BCUT2D eigenvalue weighted by molar-refractivity contribution is 0.117. The van der Waals surface area contributed by atoms with Gasteiger partial charge in [-0.1, -0.05) is 6.92 Å². The number of likely N-dealkylation sites (tertiary alicyclic amines) is 1. The first-order valence-corrected chi connectivity index (χ1v) is 15.0. The number of piperidine rings is 1. The van der Waals surface area contributed by atoms with E-state index in [1.165, 1.54) is 0 Å². The molecule has 0 saturated carbocycles. The largest absolute Gasteiger partial charge is 0.494 e. The van der Waals surface area contributed by atoms with Gasteiger partial charge in [0, 0.05) is 41.8 Å². The number of aromatic hydroxyl groups is 1. The zero-order valence-corrected chi connectivity index (χ0v) is 24.7. The molecule has 3 aromatic heterocycles. The van der Waals surface area contributed by atoms with Crippen molar-refractivity contribution in [3.05, 3.63) is 58.6 Å². The fraction of sp³-hybridized carbons (Fsp3) is 0.375. The molecule has 7 rings (SSSR count). The van der Waals surface area contributed by atoms with Gasteiger partial charge < -0.3 is 49.2 Å². The molecular weight excluding hydrogens is 564 g/mol. The molecule has 0 unspecified atom stereocenters. The van der Waals surface area contributed by atoms with Crippen LogP contribution in [0.3, 0.4) is 0 Å². The number of aromatic nitrogens is 4. The van der Waals surface area contributed by atoms with Crippen LogP contribution < -0.4 is 25.1 Å². The van der Waals surface area contributed by atoms with Crippen LogP contribution in [0.2, 0.25) is 0 Å². The maximum atomic E-state index is 13.0. The van der Waals surface area contributed by atoms with Gasteiger partial charge in [0.1, 0.15) is 29.8 Å². The Morgan fingerprint density at radius 2 is 1.98 bits per heavy atom. The molecule has 44 heavy (non-hydrogen) atoms. The third-order valence-corrected chi connectivity index (χ3v) is 8.59. The lowest BCUT2D eigenvalue weighted by Crippen LogP contribution is -2.31. The Hall–Kier alpha value is -4.68. The summed E-state index contributed by atoms with van der Waals surface area (Å²) >= 11 is 0. The third kappa shape index (κ3) is 5.20. The number of pyridine rings is 1. The number of aliphatic hydroxyl groups is 1. The molecule has 0 amide bonds. The molecule has 1 fully saturated rings. The highest BCUT2D eigenvalue weighted by Gasteiger charge is 2.23. The topological polar surface area (TPSA) is 150 Å². The minimum Gasteiger partial charge on any atom is -0.494 e. The van der Waals surface area contributed by atoms with Gasteiger partial charge in [0.05, 0.1) is 16.7 Å². The number of benzene rings is 2. The van der Waals surface area contributed by atoms with E-state index in [-0.39, 0.29) is 37.4 Å². The predicted molar refractivity (Wildman–Crippen MR) is 167 cm³/mol. The Labute approximate surface area is 253 Å². The number of imidazole rings is 1. The zero-order valence-electron chi connectivity index (χ0n) is 24.7. The van der Waals surface area contributed by atoms with Crippen molar-refractivity contribution in [1.29, 1.82) is 0 Å². The molecule has 2 aromatic carbocycles. The second-order valence-corrected chi connectivity index (χ2v) is 11.5. The highest BCUT2D eigenvalue weighted by atomic mass is 16.7. The second kappa shape index (κ2) is 11.4. The second-order valence-electron chi connectivity index (χ2n) is 11.5. The summed E-state index contributed by atoms with van der Waals surface area (Å²) in [4.78, 5) is 26.0. The van der Waals surface area contributed by atoms with E-state index in [1.54, 1.807) is 18.3 Å². The molecule has 0 spiro atoms. The normalized spacial score (nSPS) is 16.2. The summed E-state index contributed by atoms with van der Waals surface area (Å²) in [5.41, 5.74) is 2.88.